The molecule has 3 aromatic heterocycles. The molecule has 0 saturated heterocycles. The number of aromatic nitrogens is 6. The summed E-state index contributed by atoms with van der Waals surface area (Å²) in [4.78, 5) is 16.9. The van der Waals surface area contributed by atoms with Crippen molar-refractivity contribution < 1.29 is 22.1 Å². The van der Waals surface area contributed by atoms with Crippen LogP contribution >= 0.6 is 0 Å². The van der Waals surface area contributed by atoms with Gasteiger partial charge in [-0.1, -0.05) is 17.3 Å². The molecule has 0 spiro atoms. The summed E-state index contributed by atoms with van der Waals surface area (Å²) in [6.45, 7) is -0.196. The van der Waals surface area contributed by atoms with Crippen molar-refractivity contribution >= 4 is 5.52 Å². The fourth-order valence-corrected chi connectivity index (χ4v) is 3.21. The van der Waals surface area contributed by atoms with Crippen molar-refractivity contribution in [2.75, 3.05) is 0 Å². The van der Waals surface area contributed by atoms with Crippen molar-refractivity contribution in [1.82, 2.24) is 29.5 Å². The van der Waals surface area contributed by atoms with Crippen molar-refractivity contribution in [3.63, 3.8) is 0 Å². The number of benzene rings is 2. The topological polar surface area (TPSA) is 91.1 Å². The van der Waals surface area contributed by atoms with E-state index in [9.17, 15) is 22.4 Å². The molecule has 0 N–H and O–H groups in total. The van der Waals surface area contributed by atoms with Gasteiger partial charge in [0, 0.05) is 11.1 Å². The smallest absolute Gasteiger partial charge is 0.337 e. The average molecular weight is 456 g/mol. The first-order chi connectivity index (χ1) is 15.8. The van der Waals surface area contributed by atoms with Gasteiger partial charge in [-0.15, -0.1) is 0 Å². The molecule has 0 atom stereocenters. The summed E-state index contributed by atoms with van der Waals surface area (Å²) in [6, 6.07) is 11.7. The van der Waals surface area contributed by atoms with E-state index in [1.165, 1.54) is 53.3 Å². The molecule has 0 aliphatic rings. The second-order valence-corrected chi connectivity index (χ2v) is 7.05. The SMILES string of the molecule is O=c1c2cc(-c3ccc(F)cc3)nn2cnn1Cc1nc(-c2cccc(C(F)(F)F)c2)no1. The van der Waals surface area contributed by atoms with Crippen LogP contribution in [0.1, 0.15) is 11.5 Å². The summed E-state index contributed by atoms with van der Waals surface area (Å²) >= 11 is 0. The van der Waals surface area contributed by atoms with Gasteiger partial charge < -0.3 is 4.52 Å². The maximum atomic E-state index is 13.2. The number of hydrogen-bond acceptors (Lipinski definition) is 6. The Hall–Kier alpha value is -4.35. The Morgan fingerprint density at radius 3 is 2.55 bits per heavy atom. The van der Waals surface area contributed by atoms with Crippen molar-refractivity contribution in [2.24, 2.45) is 0 Å². The lowest BCUT2D eigenvalue weighted by molar-refractivity contribution is -0.137. The summed E-state index contributed by atoms with van der Waals surface area (Å²) in [5.41, 5.74) is 0.0618. The molecule has 0 amide bonds. The Balaban J connectivity index is 1.43. The van der Waals surface area contributed by atoms with Gasteiger partial charge in [-0.2, -0.15) is 28.4 Å². The normalized spacial score (nSPS) is 11.9. The van der Waals surface area contributed by atoms with Crippen LogP contribution in [0.4, 0.5) is 17.6 Å². The van der Waals surface area contributed by atoms with E-state index in [1.54, 1.807) is 0 Å². The Morgan fingerprint density at radius 2 is 1.79 bits per heavy atom. The molecule has 3 heterocycles. The van der Waals surface area contributed by atoms with E-state index in [0.29, 0.717) is 11.3 Å². The third-order valence-corrected chi connectivity index (χ3v) is 4.83. The minimum Gasteiger partial charge on any atom is -0.337 e. The number of rotatable bonds is 4. The van der Waals surface area contributed by atoms with E-state index in [0.717, 1.165) is 16.8 Å². The second kappa shape index (κ2) is 7.65. The number of fused-ring (bicyclic) bond motifs is 1. The molecular weight excluding hydrogens is 444 g/mol. The van der Waals surface area contributed by atoms with Crippen molar-refractivity contribution in [1.29, 1.82) is 0 Å². The van der Waals surface area contributed by atoms with Crippen LogP contribution in [0, 0.1) is 5.82 Å². The van der Waals surface area contributed by atoms with E-state index in [1.807, 2.05) is 0 Å². The summed E-state index contributed by atoms with van der Waals surface area (Å²) in [5, 5.41) is 12.0. The lowest BCUT2D eigenvalue weighted by Gasteiger charge is -2.06. The van der Waals surface area contributed by atoms with Gasteiger partial charge in [0.05, 0.1) is 11.3 Å². The molecule has 5 rings (SSSR count). The van der Waals surface area contributed by atoms with Crippen LogP contribution in [0.5, 0.6) is 0 Å². The van der Waals surface area contributed by atoms with E-state index in [2.05, 4.69) is 20.3 Å². The van der Waals surface area contributed by atoms with Crippen LogP contribution in [-0.4, -0.2) is 29.5 Å². The molecule has 0 aliphatic heterocycles. The van der Waals surface area contributed by atoms with Gasteiger partial charge in [-0.05, 0) is 42.5 Å². The van der Waals surface area contributed by atoms with Crippen LogP contribution in [-0.2, 0) is 12.7 Å². The quantitative estimate of drug-likeness (QED) is 0.382. The molecule has 5 aromatic rings. The van der Waals surface area contributed by atoms with Crippen LogP contribution in [0.25, 0.3) is 28.2 Å². The molecule has 0 aliphatic carbocycles. The first kappa shape index (κ1) is 20.5. The highest BCUT2D eigenvalue weighted by Gasteiger charge is 2.30. The first-order valence-electron chi connectivity index (χ1n) is 9.49. The maximum absolute atomic E-state index is 13.2. The fourth-order valence-electron chi connectivity index (χ4n) is 3.21. The third kappa shape index (κ3) is 3.97. The largest absolute Gasteiger partial charge is 0.416 e. The molecular formula is C21H12F4N6O2. The zero-order chi connectivity index (χ0) is 23.2. The Labute approximate surface area is 181 Å². The van der Waals surface area contributed by atoms with E-state index < -0.39 is 23.1 Å². The lowest BCUT2D eigenvalue weighted by Crippen LogP contribution is -2.25. The van der Waals surface area contributed by atoms with Crippen molar-refractivity contribution in [3.8, 4) is 22.6 Å². The average Bonchev–Trinajstić information content (AvgIpc) is 3.44. The van der Waals surface area contributed by atoms with Crippen LogP contribution in [0.15, 0.2) is 70.2 Å². The summed E-state index contributed by atoms with van der Waals surface area (Å²) in [6.07, 6.45) is -3.19. The number of halogens is 4. The number of hydrogen-bond donors (Lipinski definition) is 0. The van der Waals surface area contributed by atoms with Crippen LogP contribution in [0.3, 0.4) is 0 Å². The maximum Gasteiger partial charge on any atom is 0.416 e. The molecule has 8 nitrogen and oxygen atoms in total. The first-order valence-corrected chi connectivity index (χ1v) is 9.49. The molecule has 33 heavy (non-hydrogen) atoms. The highest BCUT2D eigenvalue weighted by molar-refractivity contribution is 5.65. The van der Waals surface area contributed by atoms with E-state index in [-0.39, 0.29) is 29.3 Å². The highest BCUT2D eigenvalue weighted by atomic mass is 19.4. The fraction of sp³-hybridized carbons (Fsp3) is 0.0952. The predicted octanol–water partition coefficient (Wildman–Crippen LogP) is 3.81. The van der Waals surface area contributed by atoms with Gasteiger partial charge >= 0.3 is 6.18 Å². The summed E-state index contributed by atoms with van der Waals surface area (Å²) < 4.78 is 59.4. The molecule has 2 aromatic carbocycles. The highest BCUT2D eigenvalue weighted by Crippen LogP contribution is 2.31. The summed E-state index contributed by atoms with van der Waals surface area (Å²) in [5.74, 6) is -0.455. The predicted molar refractivity (Wildman–Crippen MR) is 106 cm³/mol. The third-order valence-electron chi connectivity index (χ3n) is 4.83. The molecule has 0 fully saturated rings. The Kier molecular flexibility index (Phi) is 4.77. The zero-order valence-electron chi connectivity index (χ0n) is 16.5. The van der Waals surface area contributed by atoms with Gasteiger partial charge in [0.25, 0.3) is 5.56 Å². The standard InChI is InChI=1S/C21H12F4N6O2/c22-15-6-4-12(5-7-15)16-9-17-20(32)30(26-11-31(17)28-16)10-18-27-19(29-33-18)13-2-1-3-14(8-13)21(23,24)25/h1-9,11H,10H2. The second-order valence-electron chi connectivity index (χ2n) is 7.05. The molecule has 0 saturated carbocycles. The monoisotopic (exact) mass is 456 g/mol. The Bertz CT molecular complexity index is 1520. The molecule has 0 bridgehead atoms. The number of nitrogens with zero attached hydrogens (tertiary/aromatic N) is 6. The van der Waals surface area contributed by atoms with Crippen molar-refractivity contribution in [2.45, 2.75) is 12.7 Å². The lowest BCUT2D eigenvalue weighted by atomic mass is 10.1. The van der Waals surface area contributed by atoms with Gasteiger partial charge in [-0.3, -0.25) is 4.79 Å². The van der Waals surface area contributed by atoms with Crippen molar-refractivity contribution in [3.05, 3.63) is 88.5 Å². The van der Waals surface area contributed by atoms with Crippen LogP contribution in [0.2, 0.25) is 0 Å². The minimum atomic E-state index is -4.51. The molecule has 12 heteroatoms. The van der Waals surface area contributed by atoms with Gasteiger partial charge in [0.1, 0.15) is 24.2 Å². The molecule has 0 radical (unpaired) electrons. The Morgan fingerprint density at radius 1 is 1.00 bits per heavy atom. The van der Waals surface area contributed by atoms with Crippen LogP contribution < -0.4 is 5.56 Å². The minimum absolute atomic E-state index is 0.0142. The molecule has 0 unspecified atom stereocenters. The van der Waals surface area contributed by atoms with Gasteiger partial charge in [-0.25, -0.2) is 13.6 Å². The van der Waals surface area contributed by atoms with Gasteiger partial charge in [0.15, 0.2) is 0 Å². The zero-order valence-corrected chi connectivity index (χ0v) is 16.5. The summed E-state index contributed by atoms with van der Waals surface area (Å²) in [7, 11) is 0. The van der Waals surface area contributed by atoms with Gasteiger partial charge in [0.2, 0.25) is 11.7 Å². The van der Waals surface area contributed by atoms with E-state index >= 15 is 0 Å². The molecule has 166 valence electrons. The number of alkyl halides is 3. The van der Waals surface area contributed by atoms with E-state index in [4.69, 9.17) is 4.52 Å².